The standard InChI is InChI=1S/C13H19F3N2O2/c1-2-7-20-12-8-10(3-4-11(12)17)18(5-6-19)9-13(14,15)16/h3-4,8,19H,2,5-7,9,17H2,1H3. The third kappa shape index (κ3) is 5.16. The topological polar surface area (TPSA) is 58.7 Å². The zero-order valence-corrected chi connectivity index (χ0v) is 11.3. The van der Waals surface area contributed by atoms with Crippen LogP contribution in [0.25, 0.3) is 0 Å². The molecular formula is C13H19F3N2O2. The summed E-state index contributed by atoms with van der Waals surface area (Å²) in [4.78, 5) is 1.04. The van der Waals surface area contributed by atoms with Crippen LogP contribution in [0.4, 0.5) is 24.5 Å². The lowest BCUT2D eigenvalue weighted by Crippen LogP contribution is -2.36. The number of nitrogens with two attached hydrogens (primary N) is 1. The van der Waals surface area contributed by atoms with Gasteiger partial charge in [-0.15, -0.1) is 0 Å². The van der Waals surface area contributed by atoms with Crippen molar-refractivity contribution in [3.63, 3.8) is 0 Å². The lowest BCUT2D eigenvalue weighted by molar-refractivity contribution is -0.119. The van der Waals surface area contributed by atoms with Crippen molar-refractivity contribution in [2.45, 2.75) is 19.5 Å². The predicted molar refractivity (Wildman–Crippen MR) is 72.0 cm³/mol. The Morgan fingerprint density at radius 3 is 2.60 bits per heavy atom. The molecule has 0 heterocycles. The Morgan fingerprint density at radius 1 is 1.35 bits per heavy atom. The zero-order chi connectivity index (χ0) is 15.2. The highest BCUT2D eigenvalue weighted by Gasteiger charge is 2.31. The quantitative estimate of drug-likeness (QED) is 0.758. The SMILES string of the molecule is CCCOc1cc(N(CCO)CC(F)(F)F)ccc1N. The molecule has 7 heteroatoms. The average molecular weight is 292 g/mol. The monoisotopic (exact) mass is 292 g/mol. The van der Waals surface area contributed by atoms with E-state index in [-0.39, 0.29) is 13.2 Å². The summed E-state index contributed by atoms with van der Waals surface area (Å²) in [6.07, 6.45) is -3.58. The molecule has 1 rings (SSSR count). The minimum Gasteiger partial charge on any atom is -0.491 e. The first-order valence-electron chi connectivity index (χ1n) is 6.32. The minimum atomic E-state index is -4.35. The molecule has 0 saturated heterocycles. The van der Waals surface area contributed by atoms with Gasteiger partial charge < -0.3 is 20.5 Å². The van der Waals surface area contributed by atoms with E-state index >= 15 is 0 Å². The first-order valence-corrected chi connectivity index (χ1v) is 6.32. The molecule has 0 atom stereocenters. The predicted octanol–water partition coefficient (Wildman–Crippen LogP) is 2.42. The first-order chi connectivity index (χ1) is 9.37. The Balaban J connectivity index is 2.95. The van der Waals surface area contributed by atoms with Gasteiger partial charge in [0.25, 0.3) is 0 Å². The van der Waals surface area contributed by atoms with Crippen LogP contribution >= 0.6 is 0 Å². The van der Waals surface area contributed by atoms with Crippen molar-refractivity contribution >= 4 is 11.4 Å². The maximum Gasteiger partial charge on any atom is 0.405 e. The van der Waals surface area contributed by atoms with Gasteiger partial charge in [-0.3, -0.25) is 0 Å². The number of rotatable bonds is 7. The maximum absolute atomic E-state index is 12.5. The number of nitrogens with zero attached hydrogens (tertiary/aromatic N) is 1. The van der Waals surface area contributed by atoms with Crippen molar-refractivity contribution in [3.8, 4) is 5.75 Å². The van der Waals surface area contributed by atoms with Gasteiger partial charge in [0.1, 0.15) is 12.3 Å². The lowest BCUT2D eigenvalue weighted by Gasteiger charge is -2.25. The normalized spacial score (nSPS) is 11.4. The van der Waals surface area contributed by atoms with Gasteiger partial charge in [0.05, 0.1) is 18.9 Å². The molecule has 0 aliphatic rings. The van der Waals surface area contributed by atoms with E-state index < -0.39 is 12.7 Å². The van der Waals surface area contributed by atoms with Gasteiger partial charge in [0, 0.05) is 18.3 Å². The van der Waals surface area contributed by atoms with Gasteiger partial charge in [-0.2, -0.15) is 13.2 Å². The largest absolute Gasteiger partial charge is 0.491 e. The van der Waals surface area contributed by atoms with Gasteiger partial charge in [-0.25, -0.2) is 0 Å². The third-order valence-electron chi connectivity index (χ3n) is 2.56. The summed E-state index contributed by atoms with van der Waals surface area (Å²) in [5, 5.41) is 8.90. The minimum absolute atomic E-state index is 0.114. The lowest BCUT2D eigenvalue weighted by atomic mass is 10.2. The molecule has 3 N–H and O–H groups in total. The van der Waals surface area contributed by atoms with E-state index in [0.29, 0.717) is 23.7 Å². The highest BCUT2D eigenvalue weighted by atomic mass is 19.4. The number of aliphatic hydroxyl groups is 1. The second-order valence-electron chi connectivity index (χ2n) is 4.33. The van der Waals surface area contributed by atoms with Crippen LogP contribution in [0.15, 0.2) is 18.2 Å². The van der Waals surface area contributed by atoms with E-state index in [4.69, 9.17) is 15.6 Å². The molecule has 0 amide bonds. The Bertz CT molecular complexity index is 425. The molecule has 0 aliphatic heterocycles. The molecule has 0 radical (unpaired) electrons. The second-order valence-corrected chi connectivity index (χ2v) is 4.33. The summed E-state index contributed by atoms with van der Waals surface area (Å²) < 4.78 is 42.9. The maximum atomic E-state index is 12.5. The van der Waals surface area contributed by atoms with Gasteiger partial charge >= 0.3 is 6.18 Å². The van der Waals surface area contributed by atoms with Crippen LogP contribution in [0, 0.1) is 0 Å². The molecule has 0 fully saturated rings. The highest BCUT2D eigenvalue weighted by Crippen LogP contribution is 2.29. The molecule has 0 saturated carbocycles. The fourth-order valence-corrected chi connectivity index (χ4v) is 1.69. The summed E-state index contributed by atoms with van der Waals surface area (Å²) >= 11 is 0. The summed E-state index contributed by atoms with van der Waals surface area (Å²) in [7, 11) is 0. The van der Waals surface area contributed by atoms with E-state index in [9.17, 15) is 13.2 Å². The summed E-state index contributed by atoms with van der Waals surface area (Å²) in [5.41, 5.74) is 6.41. The molecule has 0 unspecified atom stereocenters. The van der Waals surface area contributed by atoms with Crippen LogP contribution in [0.1, 0.15) is 13.3 Å². The Labute approximate surface area is 115 Å². The molecule has 0 aromatic heterocycles. The van der Waals surface area contributed by atoms with Gasteiger partial charge in [0.2, 0.25) is 0 Å². The van der Waals surface area contributed by atoms with Crippen LogP contribution in [-0.4, -0.2) is 37.6 Å². The van der Waals surface area contributed by atoms with Crippen molar-refractivity contribution in [1.29, 1.82) is 0 Å². The Kier molecular flexibility index (Phi) is 5.94. The average Bonchev–Trinajstić information content (AvgIpc) is 2.36. The summed E-state index contributed by atoms with van der Waals surface area (Å²) in [6, 6.07) is 4.45. The van der Waals surface area contributed by atoms with Crippen molar-refractivity contribution in [3.05, 3.63) is 18.2 Å². The van der Waals surface area contributed by atoms with E-state index in [2.05, 4.69) is 0 Å². The number of halogens is 3. The smallest absolute Gasteiger partial charge is 0.405 e. The van der Waals surface area contributed by atoms with Crippen LogP contribution in [-0.2, 0) is 0 Å². The molecule has 1 aromatic rings. The third-order valence-corrected chi connectivity index (χ3v) is 2.56. The fraction of sp³-hybridized carbons (Fsp3) is 0.538. The Hall–Kier alpha value is -1.63. The van der Waals surface area contributed by atoms with Crippen molar-refractivity contribution < 1.29 is 23.0 Å². The number of hydrogen-bond donors (Lipinski definition) is 2. The number of benzene rings is 1. The number of alkyl halides is 3. The van der Waals surface area contributed by atoms with Crippen LogP contribution < -0.4 is 15.4 Å². The summed E-state index contributed by atoms with van der Waals surface area (Å²) in [5.74, 6) is 0.356. The number of hydrogen-bond acceptors (Lipinski definition) is 4. The molecular weight excluding hydrogens is 273 g/mol. The molecule has 1 aromatic carbocycles. The molecule has 0 aliphatic carbocycles. The highest BCUT2D eigenvalue weighted by molar-refractivity contribution is 5.62. The zero-order valence-electron chi connectivity index (χ0n) is 11.3. The van der Waals surface area contributed by atoms with Gasteiger partial charge in [0.15, 0.2) is 0 Å². The van der Waals surface area contributed by atoms with E-state index in [1.54, 1.807) is 0 Å². The first kappa shape index (κ1) is 16.4. The van der Waals surface area contributed by atoms with Crippen LogP contribution in [0.3, 0.4) is 0 Å². The van der Waals surface area contributed by atoms with E-state index in [1.807, 2.05) is 6.92 Å². The molecule has 20 heavy (non-hydrogen) atoms. The van der Waals surface area contributed by atoms with Gasteiger partial charge in [-0.1, -0.05) is 6.92 Å². The number of anilines is 2. The summed E-state index contributed by atoms with van der Waals surface area (Å²) in [6.45, 7) is 0.738. The van der Waals surface area contributed by atoms with Gasteiger partial charge in [-0.05, 0) is 18.6 Å². The van der Waals surface area contributed by atoms with Crippen molar-refractivity contribution in [1.82, 2.24) is 0 Å². The van der Waals surface area contributed by atoms with E-state index in [1.165, 1.54) is 18.2 Å². The van der Waals surface area contributed by atoms with E-state index in [0.717, 1.165) is 11.3 Å². The Morgan fingerprint density at radius 2 is 2.05 bits per heavy atom. The van der Waals surface area contributed by atoms with Crippen LogP contribution in [0.2, 0.25) is 0 Å². The molecule has 114 valence electrons. The van der Waals surface area contributed by atoms with Crippen molar-refractivity contribution in [2.75, 3.05) is 36.9 Å². The molecule has 0 spiro atoms. The molecule has 0 bridgehead atoms. The van der Waals surface area contributed by atoms with Crippen LogP contribution in [0.5, 0.6) is 5.75 Å². The second kappa shape index (κ2) is 7.23. The number of aliphatic hydroxyl groups excluding tert-OH is 1. The number of nitrogen functional groups attached to an aromatic ring is 1. The fourth-order valence-electron chi connectivity index (χ4n) is 1.69. The number of ether oxygens (including phenoxy) is 1. The molecule has 4 nitrogen and oxygen atoms in total. The van der Waals surface area contributed by atoms with Crippen molar-refractivity contribution in [2.24, 2.45) is 0 Å².